The molecule has 1 aliphatic rings. The average Bonchev–Trinajstić information content (AvgIpc) is 2.56. The molecule has 2 rings (SSSR count). The van der Waals surface area contributed by atoms with Gasteiger partial charge in [-0.05, 0) is 58.7 Å². The van der Waals surface area contributed by atoms with Gasteiger partial charge in [-0.25, -0.2) is 4.79 Å². The van der Waals surface area contributed by atoms with Crippen molar-refractivity contribution in [3.05, 3.63) is 28.2 Å². The molecule has 0 radical (unpaired) electrons. The number of likely N-dealkylation sites (tertiary alicyclic amines) is 1. The predicted molar refractivity (Wildman–Crippen MR) is 109 cm³/mol. The molecule has 1 unspecified atom stereocenters. The Labute approximate surface area is 170 Å². The summed E-state index contributed by atoms with van der Waals surface area (Å²) >= 11 is 12.1. The lowest BCUT2D eigenvalue weighted by molar-refractivity contribution is -0.121. The number of rotatable bonds is 4. The van der Waals surface area contributed by atoms with Crippen molar-refractivity contribution in [1.82, 2.24) is 10.2 Å². The summed E-state index contributed by atoms with van der Waals surface area (Å²) in [6, 6.07) is 4.69. The van der Waals surface area contributed by atoms with Crippen LogP contribution in [0.25, 0.3) is 0 Å². The van der Waals surface area contributed by atoms with Crippen LogP contribution in [0, 0.1) is 0 Å². The van der Waals surface area contributed by atoms with E-state index < -0.39 is 11.7 Å². The molecule has 0 spiro atoms. The van der Waals surface area contributed by atoms with Gasteiger partial charge >= 0.3 is 6.09 Å². The number of benzene rings is 1. The number of piperidine rings is 1. The monoisotopic (exact) mass is 415 g/mol. The standard InChI is InChI=1S/C19H27Cl2N3O3/c1-12(17(25)23-16-11-13(20)5-6-15(16)21)24-9-7-14(8-10-24)22-18(26)27-19(2,3)4/h5-6,11-12,14H,7-10H2,1-4H3,(H,22,26)(H,23,25). The zero-order valence-electron chi connectivity index (χ0n) is 16.1. The van der Waals surface area contributed by atoms with Crippen LogP contribution in [0.3, 0.4) is 0 Å². The molecule has 1 aromatic rings. The van der Waals surface area contributed by atoms with Crippen molar-refractivity contribution in [1.29, 1.82) is 0 Å². The van der Waals surface area contributed by atoms with E-state index in [-0.39, 0.29) is 18.0 Å². The van der Waals surface area contributed by atoms with E-state index >= 15 is 0 Å². The van der Waals surface area contributed by atoms with E-state index in [0.717, 1.165) is 12.8 Å². The van der Waals surface area contributed by atoms with E-state index in [0.29, 0.717) is 28.8 Å². The largest absolute Gasteiger partial charge is 0.444 e. The Bertz CT molecular complexity index is 683. The zero-order chi connectivity index (χ0) is 20.2. The van der Waals surface area contributed by atoms with Gasteiger partial charge in [0.05, 0.1) is 16.8 Å². The summed E-state index contributed by atoms with van der Waals surface area (Å²) in [5, 5.41) is 6.68. The molecule has 2 N–H and O–H groups in total. The van der Waals surface area contributed by atoms with Crippen molar-refractivity contribution in [3.8, 4) is 0 Å². The van der Waals surface area contributed by atoms with Crippen LogP contribution in [0.2, 0.25) is 10.0 Å². The number of carbonyl (C=O) groups excluding carboxylic acids is 2. The van der Waals surface area contributed by atoms with E-state index in [1.165, 1.54) is 0 Å². The number of nitrogens with one attached hydrogen (secondary N) is 2. The smallest absolute Gasteiger partial charge is 0.407 e. The molecule has 1 saturated heterocycles. The second-order valence-electron chi connectivity index (χ2n) is 7.75. The maximum Gasteiger partial charge on any atom is 0.407 e. The van der Waals surface area contributed by atoms with Gasteiger partial charge in [0.2, 0.25) is 5.91 Å². The van der Waals surface area contributed by atoms with Crippen LogP contribution in [0.5, 0.6) is 0 Å². The second-order valence-corrected chi connectivity index (χ2v) is 8.59. The van der Waals surface area contributed by atoms with Crippen LogP contribution in [0.4, 0.5) is 10.5 Å². The molecule has 150 valence electrons. The minimum absolute atomic E-state index is 0.0498. The lowest BCUT2D eigenvalue weighted by atomic mass is 10.0. The summed E-state index contributed by atoms with van der Waals surface area (Å²) in [4.78, 5) is 26.5. The fourth-order valence-electron chi connectivity index (χ4n) is 2.90. The molecule has 0 aromatic heterocycles. The van der Waals surface area contributed by atoms with Gasteiger partial charge in [-0.3, -0.25) is 9.69 Å². The van der Waals surface area contributed by atoms with Crippen molar-refractivity contribution in [2.24, 2.45) is 0 Å². The third-order valence-corrected chi connectivity index (χ3v) is 4.93. The Morgan fingerprint density at radius 3 is 2.44 bits per heavy atom. The number of anilines is 1. The SMILES string of the molecule is CC(C(=O)Nc1cc(Cl)ccc1Cl)N1CCC(NC(=O)OC(C)(C)C)CC1. The fourth-order valence-corrected chi connectivity index (χ4v) is 3.24. The Kier molecular flexibility index (Phi) is 7.37. The summed E-state index contributed by atoms with van der Waals surface area (Å²) in [6.45, 7) is 8.77. The van der Waals surface area contributed by atoms with Gasteiger partial charge in [-0.1, -0.05) is 23.2 Å². The van der Waals surface area contributed by atoms with E-state index in [9.17, 15) is 9.59 Å². The average molecular weight is 416 g/mol. The summed E-state index contributed by atoms with van der Waals surface area (Å²) in [6.07, 6.45) is 1.12. The van der Waals surface area contributed by atoms with Crippen LogP contribution < -0.4 is 10.6 Å². The van der Waals surface area contributed by atoms with Crippen LogP contribution in [-0.4, -0.2) is 47.7 Å². The van der Waals surface area contributed by atoms with Gasteiger partial charge in [0, 0.05) is 24.2 Å². The molecule has 1 aliphatic heterocycles. The molecular weight excluding hydrogens is 389 g/mol. The molecule has 27 heavy (non-hydrogen) atoms. The number of hydrogen-bond acceptors (Lipinski definition) is 4. The molecule has 6 nitrogen and oxygen atoms in total. The van der Waals surface area contributed by atoms with E-state index in [1.807, 2.05) is 27.7 Å². The molecule has 0 saturated carbocycles. The van der Waals surface area contributed by atoms with E-state index in [4.69, 9.17) is 27.9 Å². The van der Waals surface area contributed by atoms with Gasteiger partial charge in [-0.15, -0.1) is 0 Å². The topological polar surface area (TPSA) is 70.7 Å². The van der Waals surface area contributed by atoms with Gasteiger partial charge in [-0.2, -0.15) is 0 Å². The van der Waals surface area contributed by atoms with Gasteiger partial charge < -0.3 is 15.4 Å². The molecule has 2 amide bonds. The lowest BCUT2D eigenvalue weighted by Crippen LogP contribution is -2.51. The molecule has 8 heteroatoms. The quantitative estimate of drug-likeness (QED) is 0.768. The maximum absolute atomic E-state index is 12.5. The van der Waals surface area contributed by atoms with Gasteiger partial charge in [0.1, 0.15) is 5.60 Å². The van der Waals surface area contributed by atoms with Crippen molar-refractivity contribution in [3.63, 3.8) is 0 Å². The summed E-state index contributed by atoms with van der Waals surface area (Å²) in [5.41, 5.74) is -0.0126. The maximum atomic E-state index is 12.5. The molecular formula is C19H27Cl2N3O3. The Morgan fingerprint density at radius 1 is 1.22 bits per heavy atom. The first-order chi connectivity index (χ1) is 12.5. The van der Waals surface area contributed by atoms with Crippen LogP contribution in [-0.2, 0) is 9.53 Å². The van der Waals surface area contributed by atoms with Crippen LogP contribution in [0.1, 0.15) is 40.5 Å². The zero-order valence-corrected chi connectivity index (χ0v) is 17.7. The molecule has 1 atom stereocenters. The molecule has 0 aliphatic carbocycles. The van der Waals surface area contributed by atoms with Crippen molar-refractivity contribution in [2.75, 3.05) is 18.4 Å². The van der Waals surface area contributed by atoms with Gasteiger partial charge in [0.15, 0.2) is 0 Å². The highest BCUT2D eigenvalue weighted by Gasteiger charge is 2.28. The van der Waals surface area contributed by atoms with Crippen molar-refractivity contribution >= 4 is 40.9 Å². The number of hydrogen-bond donors (Lipinski definition) is 2. The van der Waals surface area contributed by atoms with E-state index in [2.05, 4.69) is 15.5 Å². The number of halogens is 2. The Morgan fingerprint density at radius 2 is 1.85 bits per heavy atom. The van der Waals surface area contributed by atoms with Gasteiger partial charge in [0.25, 0.3) is 0 Å². The van der Waals surface area contributed by atoms with Crippen LogP contribution >= 0.6 is 23.2 Å². The summed E-state index contributed by atoms with van der Waals surface area (Å²) in [7, 11) is 0. The molecule has 1 aromatic carbocycles. The Balaban J connectivity index is 1.83. The minimum Gasteiger partial charge on any atom is -0.444 e. The normalized spacial score (nSPS) is 17.3. The predicted octanol–water partition coefficient (Wildman–Crippen LogP) is 4.31. The number of ether oxygens (including phenoxy) is 1. The fraction of sp³-hybridized carbons (Fsp3) is 0.579. The number of amides is 2. The highest BCUT2D eigenvalue weighted by Crippen LogP contribution is 2.26. The number of carbonyl (C=O) groups is 2. The van der Waals surface area contributed by atoms with E-state index in [1.54, 1.807) is 18.2 Å². The first kappa shape index (κ1) is 21.8. The summed E-state index contributed by atoms with van der Waals surface area (Å²) in [5.74, 6) is -0.141. The van der Waals surface area contributed by atoms with Crippen LogP contribution in [0.15, 0.2) is 18.2 Å². The highest BCUT2D eigenvalue weighted by molar-refractivity contribution is 6.35. The highest BCUT2D eigenvalue weighted by atomic mass is 35.5. The van der Waals surface area contributed by atoms with Crippen molar-refractivity contribution in [2.45, 2.75) is 58.2 Å². The first-order valence-electron chi connectivity index (χ1n) is 9.04. The first-order valence-corrected chi connectivity index (χ1v) is 9.80. The lowest BCUT2D eigenvalue weighted by Gasteiger charge is -2.35. The molecule has 1 heterocycles. The third-order valence-electron chi connectivity index (χ3n) is 4.36. The number of alkyl carbamates (subject to hydrolysis) is 1. The molecule has 1 fully saturated rings. The van der Waals surface area contributed by atoms with Crippen molar-refractivity contribution < 1.29 is 14.3 Å². The Hall–Kier alpha value is -1.50. The number of nitrogens with zero attached hydrogens (tertiary/aromatic N) is 1. The minimum atomic E-state index is -0.515. The molecule has 0 bridgehead atoms. The third kappa shape index (κ3) is 6.87. The summed E-state index contributed by atoms with van der Waals surface area (Å²) < 4.78 is 5.29. The second kappa shape index (κ2) is 9.13.